The molecule has 1 amide bonds. The maximum absolute atomic E-state index is 12.4. The monoisotopic (exact) mass is 300 g/mol. The fourth-order valence-electron chi connectivity index (χ4n) is 4.62. The van der Waals surface area contributed by atoms with E-state index in [-0.39, 0.29) is 30.3 Å². The van der Waals surface area contributed by atoms with Crippen molar-refractivity contribution < 1.29 is 4.79 Å². The lowest BCUT2D eigenvalue weighted by Crippen LogP contribution is -2.46. The van der Waals surface area contributed by atoms with Crippen molar-refractivity contribution in [3.63, 3.8) is 0 Å². The van der Waals surface area contributed by atoms with Gasteiger partial charge in [0.05, 0.1) is 5.92 Å². The Bertz CT molecular complexity index is 339. The molecule has 0 spiro atoms. The summed E-state index contributed by atoms with van der Waals surface area (Å²) in [6, 6.07) is 0.130. The van der Waals surface area contributed by atoms with Crippen LogP contribution in [0.5, 0.6) is 0 Å². The second-order valence-electron chi connectivity index (χ2n) is 7.31. The normalized spacial score (nSPS) is 43.1. The predicted molar refractivity (Wildman–Crippen MR) is 83.7 cm³/mol. The third kappa shape index (κ3) is 3.14. The Hall–Kier alpha value is -0.280. The highest BCUT2D eigenvalue weighted by atomic mass is 35.5. The van der Waals surface area contributed by atoms with Gasteiger partial charge in [0.15, 0.2) is 0 Å². The molecule has 3 saturated carbocycles. The van der Waals surface area contributed by atoms with Crippen LogP contribution < -0.4 is 11.1 Å². The number of carbonyl (C=O) groups is 1. The quantitative estimate of drug-likeness (QED) is 0.842. The SMILES string of the molecule is CC1CCC(CNC(=O)C2C3CCC(C3)C2N)CC1.Cl. The summed E-state index contributed by atoms with van der Waals surface area (Å²) in [6.45, 7) is 3.22. The van der Waals surface area contributed by atoms with Gasteiger partial charge in [-0.2, -0.15) is 0 Å². The average molecular weight is 301 g/mol. The number of carbonyl (C=O) groups excluding carboxylic acids is 1. The van der Waals surface area contributed by atoms with Gasteiger partial charge in [-0.3, -0.25) is 4.79 Å². The maximum atomic E-state index is 12.4. The highest BCUT2D eigenvalue weighted by Crippen LogP contribution is 2.47. The molecule has 3 fully saturated rings. The predicted octanol–water partition coefficient (Wildman–Crippen LogP) is 2.72. The number of halogens is 1. The van der Waals surface area contributed by atoms with Gasteiger partial charge < -0.3 is 11.1 Å². The van der Waals surface area contributed by atoms with E-state index < -0.39 is 0 Å². The van der Waals surface area contributed by atoms with E-state index in [0.717, 1.165) is 12.5 Å². The van der Waals surface area contributed by atoms with E-state index in [0.29, 0.717) is 17.8 Å². The molecule has 2 bridgehead atoms. The van der Waals surface area contributed by atoms with E-state index in [2.05, 4.69) is 12.2 Å². The first kappa shape index (κ1) is 16.1. The summed E-state index contributed by atoms with van der Waals surface area (Å²) in [7, 11) is 0. The highest BCUT2D eigenvalue weighted by molar-refractivity contribution is 5.85. The van der Waals surface area contributed by atoms with Crippen molar-refractivity contribution in [1.29, 1.82) is 0 Å². The summed E-state index contributed by atoms with van der Waals surface area (Å²) in [4.78, 5) is 12.4. The zero-order valence-electron chi connectivity index (χ0n) is 12.5. The Kier molecular flexibility index (Phi) is 5.36. The van der Waals surface area contributed by atoms with Crippen molar-refractivity contribution in [2.24, 2.45) is 35.3 Å². The molecule has 3 N–H and O–H groups in total. The molecule has 0 aliphatic heterocycles. The average Bonchev–Trinajstić information content (AvgIpc) is 2.98. The van der Waals surface area contributed by atoms with E-state index in [1.807, 2.05) is 0 Å². The first-order valence-corrected chi connectivity index (χ1v) is 8.18. The van der Waals surface area contributed by atoms with Crippen LogP contribution in [-0.4, -0.2) is 18.5 Å². The van der Waals surface area contributed by atoms with E-state index >= 15 is 0 Å². The van der Waals surface area contributed by atoms with Gasteiger partial charge in [0.2, 0.25) is 5.91 Å². The van der Waals surface area contributed by atoms with Crippen LogP contribution in [0, 0.1) is 29.6 Å². The minimum Gasteiger partial charge on any atom is -0.356 e. The summed E-state index contributed by atoms with van der Waals surface area (Å²) in [5.41, 5.74) is 6.23. The van der Waals surface area contributed by atoms with Gasteiger partial charge in [-0.05, 0) is 55.8 Å². The van der Waals surface area contributed by atoms with Crippen molar-refractivity contribution in [2.45, 2.75) is 57.9 Å². The van der Waals surface area contributed by atoms with E-state index in [9.17, 15) is 4.79 Å². The fraction of sp³-hybridized carbons (Fsp3) is 0.938. The molecule has 20 heavy (non-hydrogen) atoms. The number of fused-ring (bicyclic) bond motifs is 2. The first-order valence-electron chi connectivity index (χ1n) is 8.18. The van der Waals surface area contributed by atoms with Gasteiger partial charge in [0.25, 0.3) is 0 Å². The third-order valence-corrected chi connectivity index (χ3v) is 5.98. The topological polar surface area (TPSA) is 55.1 Å². The van der Waals surface area contributed by atoms with Crippen LogP contribution in [0.4, 0.5) is 0 Å². The zero-order chi connectivity index (χ0) is 13.4. The molecule has 0 aromatic rings. The smallest absolute Gasteiger partial charge is 0.224 e. The van der Waals surface area contributed by atoms with Crippen LogP contribution >= 0.6 is 12.4 Å². The molecule has 0 aromatic carbocycles. The molecule has 0 radical (unpaired) electrons. The molecule has 4 heteroatoms. The van der Waals surface area contributed by atoms with Crippen molar-refractivity contribution in [3.8, 4) is 0 Å². The van der Waals surface area contributed by atoms with Crippen LogP contribution in [0.2, 0.25) is 0 Å². The van der Waals surface area contributed by atoms with Gasteiger partial charge in [-0.15, -0.1) is 12.4 Å². The van der Waals surface area contributed by atoms with Gasteiger partial charge in [-0.25, -0.2) is 0 Å². The number of hydrogen-bond acceptors (Lipinski definition) is 2. The van der Waals surface area contributed by atoms with Crippen molar-refractivity contribution in [2.75, 3.05) is 6.54 Å². The van der Waals surface area contributed by atoms with Gasteiger partial charge >= 0.3 is 0 Å². The molecule has 116 valence electrons. The molecular weight excluding hydrogens is 272 g/mol. The summed E-state index contributed by atoms with van der Waals surface area (Å²) < 4.78 is 0. The number of amides is 1. The van der Waals surface area contributed by atoms with Crippen LogP contribution in [-0.2, 0) is 4.79 Å². The van der Waals surface area contributed by atoms with Crippen LogP contribution in [0.25, 0.3) is 0 Å². The van der Waals surface area contributed by atoms with E-state index in [1.54, 1.807) is 0 Å². The van der Waals surface area contributed by atoms with Crippen LogP contribution in [0.3, 0.4) is 0 Å². The number of nitrogens with two attached hydrogens (primary N) is 1. The molecule has 3 rings (SSSR count). The highest BCUT2D eigenvalue weighted by Gasteiger charge is 2.48. The standard InChI is InChI=1S/C16H28N2O.ClH/c1-10-2-4-11(5-3-10)9-18-16(19)14-12-6-7-13(8-12)15(14)17;/h10-15H,2-9,17H2,1H3,(H,18,19);1H. The maximum Gasteiger partial charge on any atom is 0.224 e. The number of hydrogen-bond donors (Lipinski definition) is 2. The van der Waals surface area contributed by atoms with Gasteiger partial charge in [-0.1, -0.05) is 19.8 Å². The second kappa shape index (κ2) is 6.65. The van der Waals surface area contributed by atoms with Crippen molar-refractivity contribution in [3.05, 3.63) is 0 Å². The third-order valence-electron chi connectivity index (χ3n) is 5.98. The Morgan fingerprint density at radius 3 is 2.35 bits per heavy atom. The molecule has 3 nitrogen and oxygen atoms in total. The lowest BCUT2D eigenvalue weighted by Gasteiger charge is -2.29. The van der Waals surface area contributed by atoms with E-state index in [1.165, 1.54) is 44.9 Å². The molecule has 4 unspecified atom stereocenters. The Morgan fingerprint density at radius 2 is 1.75 bits per heavy atom. The summed E-state index contributed by atoms with van der Waals surface area (Å²) in [5.74, 6) is 3.14. The zero-order valence-corrected chi connectivity index (χ0v) is 13.3. The molecular formula is C16H29ClN2O. The Labute approximate surface area is 128 Å². The van der Waals surface area contributed by atoms with Crippen molar-refractivity contribution >= 4 is 18.3 Å². The minimum absolute atomic E-state index is 0. The lowest BCUT2D eigenvalue weighted by molar-refractivity contribution is -0.127. The Balaban J connectivity index is 0.00000147. The van der Waals surface area contributed by atoms with E-state index in [4.69, 9.17) is 5.73 Å². The second-order valence-corrected chi connectivity index (χ2v) is 7.31. The lowest BCUT2D eigenvalue weighted by atomic mass is 9.82. The van der Waals surface area contributed by atoms with Crippen molar-refractivity contribution in [1.82, 2.24) is 5.32 Å². The van der Waals surface area contributed by atoms with Crippen LogP contribution in [0.15, 0.2) is 0 Å². The minimum atomic E-state index is 0. The number of nitrogens with one attached hydrogen (secondary N) is 1. The fourth-order valence-corrected chi connectivity index (χ4v) is 4.62. The molecule has 0 heterocycles. The summed E-state index contributed by atoms with van der Waals surface area (Å²) in [5, 5.41) is 3.21. The first-order chi connectivity index (χ1) is 9.15. The summed E-state index contributed by atoms with van der Waals surface area (Å²) >= 11 is 0. The molecule has 3 aliphatic carbocycles. The molecule has 0 saturated heterocycles. The number of rotatable bonds is 3. The molecule has 0 aromatic heterocycles. The summed E-state index contributed by atoms with van der Waals surface area (Å²) in [6.07, 6.45) is 8.88. The Morgan fingerprint density at radius 1 is 1.10 bits per heavy atom. The van der Waals surface area contributed by atoms with Gasteiger partial charge in [0, 0.05) is 12.6 Å². The van der Waals surface area contributed by atoms with Gasteiger partial charge in [0.1, 0.15) is 0 Å². The molecule has 3 aliphatic rings. The molecule has 4 atom stereocenters. The van der Waals surface area contributed by atoms with Crippen LogP contribution in [0.1, 0.15) is 51.9 Å². The largest absolute Gasteiger partial charge is 0.356 e.